The number of rotatable bonds is 3. The van der Waals surface area contributed by atoms with E-state index in [4.69, 9.17) is 5.73 Å². The molecule has 0 fully saturated rings. The number of nitrogens with one attached hydrogen (secondary N) is 2. The quantitative estimate of drug-likeness (QED) is 0.459. The molecule has 0 saturated heterocycles. The van der Waals surface area contributed by atoms with Crippen LogP contribution in [0.25, 0.3) is 0 Å². The van der Waals surface area contributed by atoms with Gasteiger partial charge >= 0.3 is 6.03 Å². The molecule has 4 N–H and O–H groups in total. The first-order chi connectivity index (χ1) is 10.1. The van der Waals surface area contributed by atoms with Gasteiger partial charge < -0.3 is 11.1 Å². The van der Waals surface area contributed by atoms with Gasteiger partial charge in [0.25, 0.3) is 0 Å². The second-order valence-electron chi connectivity index (χ2n) is 4.76. The molecule has 0 atom stereocenters. The van der Waals surface area contributed by atoms with Gasteiger partial charge in [-0.2, -0.15) is 5.10 Å². The van der Waals surface area contributed by atoms with Crippen molar-refractivity contribution >= 4 is 23.6 Å². The fourth-order valence-corrected chi connectivity index (χ4v) is 1.90. The van der Waals surface area contributed by atoms with Crippen LogP contribution in [0.15, 0.2) is 47.6 Å². The van der Waals surface area contributed by atoms with Crippen molar-refractivity contribution in [2.45, 2.75) is 13.8 Å². The fraction of sp³-hybridized carbons (Fsp3) is 0.125. The molecule has 0 aliphatic carbocycles. The van der Waals surface area contributed by atoms with Gasteiger partial charge in [-0.05, 0) is 42.7 Å². The molecule has 0 heterocycles. The maximum atomic E-state index is 11.8. The summed E-state index contributed by atoms with van der Waals surface area (Å²) in [6.07, 6.45) is 1.56. The first kappa shape index (κ1) is 14.6. The number of anilines is 2. The average molecular weight is 282 g/mol. The van der Waals surface area contributed by atoms with E-state index in [0.717, 1.165) is 22.4 Å². The van der Waals surface area contributed by atoms with Crippen molar-refractivity contribution in [2.75, 3.05) is 11.1 Å². The van der Waals surface area contributed by atoms with Crippen LogP contribution in [0.4, 0.5) is 16.2 Å². The molecule has 0 unspecified atom stereocenters. The first-order valence-electron chi connectivity index (χ1n) is 6.58. The second-order valence-corrected chi connectivity index (χ2v) is 4.76. The first-order valence-corrected chi connectivity index (χ1v) is 6.58. The van der Waals surface area contributed by atoms with E-state index < -0.39 is 0 Å². The van der Waals surface area contributed by atoms with Crippen LogP contribution in [-0.2, 0) is 0 Å². The van der Waals surface area contributed by atoms with Crippen molar-refractivity contribution < 1.29 is 4.79 Å². The van der Waals surface area contributed by atoms with E-state index >= 15 is 0 Å². The number of aryl methyl sites for hydroxylation is 2. The third-order valence-electron chi connectivity index (χ3n) is 3.04. The Morgan fingerprint density at radius 1 is 1.10 bits per heavy atom. The number of amides is 2. The normalized spacial score (nSPS) is 10.6. The van der Waals surface area contributed by atoms with Gasteiger partial charge in [-0.1, -0.05) is 30.3 Å². The molecule has 0 aliphatic heterocycles. The molecule has 2 rings (SSSR count). The third-order valence-corrected chi connectivity index (χ3v) is 3.04. The Kier molecular flexibility index (Phi) is 4.56. The van der Waals surface area contributed by atoms with Gasteiger partial charge in [0.05, 0.1) is 6.21 Å². The van der Waals surface area contributed by atoms with Crippen molar-refractivity contribution in [3.05, 3.63) is 59.2 Å². The highest BCUT2D eigenvalue weighted by molar-refractivity contribution is 5.91. The zero-order valence-corrected chi connectivity index (χ0v) is 12.1. The number of nitrogen functional groups attached to an aromatic ring is 1. The lowest BCUT2D eigenvalue weighted by Crippen LogP contribution is -2.25. The lowest BCUT2D eigenvalue weighted by molar-refractivity contribution is 0.252. The van der Waals surface area contributed by atoms with Crippen LogP contribution in [0.1, 0.15) is 16.7 Å². The molecule has 5 nitrogen and oxygen atoms in total. The van der Waals surface area contributed by atoms with Gasteiger partial charge in [0.1, 0.15) is 0 Å². The molecule has 2 aromatic rings. The molecule has 2 aromatic carbocycles. The van der Waals surface area contributed by atoms with E-state index in [-0.39, 0.29) is 6.03 Å². The number of nitrogens with two attached hydrogens (primary N) is 1. The standard InChI is InChI=1S/C16H18N4O/c1-11-4-3-5-12(2)15(11)19-16(21)20-18-10-13-6-8-14(17)9-7-13/h3-10H,17H2,1-2H3,(H2,19,20,21)/b18-10+. The minimum atomic E-state index is -0.376. The highest BCUT2D eigenvalue weighted by atomic mass is 16.2. The van der Waals surface area contributed by atoms with Crippen molar-refractivity contribution in [3.63, 3.8) is 0 Å². The van der Waals surface area contributed by atoms with Gasteiger partial charge in [-0.3, -0.25) is 0 Å². The van der Waals surface area contributed by atoms with Crippen LogP contribution >= 0.6 is 0 Å². The summed E-state index contributed by atoms with van der Waals surface area (Å²) in [5.41, 5.74) is 12.4. The Morgan fingerprint density at radius 3 is 2.33 bits per heavy atom. The van der Waals surface area contributed by atoms with Crippen molar-refractivity contribution in [3.8, 4) is 0 Å². The van der Waals surface area contributed by atoms with E-state index in [1.807, 2.05) is 44.2 Å². The number of nitrogens with zero attached hydrogens (tertiary/aromatic N) is 1. The van der Waals surface area contributed by atoms with Crippen LogP contribution in [0.3, 0.4) is 0 Å². The maximum Gasteiger partial charge on any atom is 0.339 e. The summed E-state index contributed by atoms with van der Waals surface area (Å²) < 4.78 is 0. The van der Waals surface area contributed by atoms with E-state index in [1.165, 1.54) is 0 Å². The zero-order chi connectivity index (χ0) is 15.2. The number of benzene rings is 2. The predicted octanol–water partition coefficient (Wildman–Crippen LogP) is 3.04. The maximum absolute atomic E-state index is 11.8. The third kappa shape index (κ3) is 4.07. The topological polar surface area (TPSA) is 79.5 Å². The fourth-order valence-electron chi connectivity index (χ4n) is 1.90. The van der Waals surface area contributed by atoms with Crippen LogP contribution in [-0.4, -0.2) is 12.2 Å². The number of carbonyl (C=O) groups excluding carboxylic acids is 1. The Bertz CT molecular complexity index is 642. The molecule has 0 radical (unpaired) electrons. The number of hydrogen-bond acceptors (Lipinski definition) is 3. The summed E-state index contributed by atoms with van der Waals surface area (Å²) in [7, 11) is 0. The van der Waals surface area contributed by atoms with E-state index in [9.17, 15) is 4.79 Å². The van der Waals surface area contributed by atoms with Crippen LogP contribution in [0.2, 0.25) is 0 Å². The summed E-state index contributed by atoms with van der Waals surface area (Å²) in [5.74, 6) is 0. The monoisotopic (exact) mass is 282 g/mol. The molecule has 0 aromatic heterocycles. The average Bonchev–Trinajstić information content (AvgIpc) is 2.45. The molecule has 0 saturated carbocycles. The van der Waals surface area contributed by atoms with Crippen molar-refractivity contribution in [2.24, 2.45) is 5.10 Å². The van der Waals surface area contributed by atoms with Gasteiger partial charge in [0.2, 0.25) is 0 Å². The largest absolute Gasteiger partial charge is 0.399 e. The predicted molar refractivity (Wildman–Crippen MR) is 86.5 cm³/mol. The zero-order valence-electron chi connectivity index (χ0n) is 12.1. The molecular weight excluding hydrogens is 264 g/mol. The lowest BCUT2D eigenvalue weighted by Gasteiger charge is -2.10. The summed E-state index contributed by atoms with van der Waals surface area (Å²) in [4.78, 5) is 11.8. The van der Waals surface area contributed by atoms with Crippen molar-refractivity contribution in [1.29, 1.82) is 0 Å². The molecule has 108 valence electrons. The summed E-state index contributed by atoms with van der Waals surface area (Å²) in [6.45, 7) is 3.89. The van der Waals surface area contributed by atoms with Gasteiger partial charge in [-0.15, -0.1) is 0 Å². The summed E-state index contributed by atoms with van der Waals surface area (Å²) in [5, 5.41) is 6.69. The Labute approximate surface area is 123 Å². The van der Waals surface area contributed by atoms with Gasteiger partial charge in [-0.25, -0.2) is 10.2 Å². The van der Waals surface area contributed by atoms with E-state index in [0.29, 0.717) is 5.69 Å². The van der Waals surface area contributed by atoms with Crippen LogP contribution in [0, 0.1) is 13.8 Å². The molecule has 0 bridgehead atoms. The SMILES string of the molecule is Cc1cccc(C)c1NC(=O)N/N=C/c1ccc(N)cc1. The summed E-state index contributed by atoms with van der Waals surface area (Å²) in [6, 6.07) is 12.7. The Hall–Kier alpha value is -2.82. The minimum Gasteiger partial charge on any atom is -0.399 e. The Balaban J connectivity index is 1.95. The molecule has 21 heavy (non-hydrogen) atoms. The van der Waals surface area contributed by atoms with Crippen molar-refractivity contribution in [1.82, 2.24) is 5.43 Å². The number of hydrogen-bond donors (Lipinski definition) is 3. The smallest absolute Gasteiger partial charge is 0.339 e. The molecular formula is C16H18N4O. The van der Waals surface area contributed by atoms with Crippen LogP contribution < -0.4 is 16.5 Å². The second kappa shape index (κ2) is 6.56. The van der Waals surface area contributed by atoms with Gasteiger partial charge in [0, 0.05) is 11.4 Å². The van der Waals surface area contributed by atoms with Gasteiger partial charge in [0.15, 0.2) is 0 Å². The van der Waals surface area contributed by atoms with E-state index in [1.54, 1.807) is 18.3 Å². The minimum absolute atomic E-state index is 0.376. The lowest BCUT2D eigenvalue weighted by atomic mass is 10.1. The molecule has 5 heteroatoms. The summed E-state index contributed by atoms with van der Waals surface area (Å²) >= 11 is 0. The Morgan fingerprint density at radius 2 is 1.71 bits per heavy atom. The highest BCUT2D eigenvalue weighted by Gasteiger charge is 2.05. The molecule has 2 amide bonds. The number of carbonyl (C=O) groups is 1. The molecule has 0 spiro atoms. The van der Waals surface area contributed by atoms with Crippen LogP contribution in [0.5, 0.6) is 0 Å². The highest BCUT2D eigenvalue weighted by Crippen LogP contribution is 2.18. The number of urea groups is 1. The number of para-hydroxylation sites is 1. The molecule has 0 aliphatic rings. The number of hydrazone groups is 1. The van der Waals surface area contributed by atoms with E-state index in [2.05, 4.69) is 15.8 Å².